The molecule has 24 heteroatoms. The lowest BCUT2D eigenvalue weighted by Gasteiger charge is -2.19. The summed E-state index contributed by atoms with van der Waals surface area (Å²) in [5.41, 5.74) is 12.2. The smallest absolute Gasteiger partial charge is 0.326 e. The summed E-state index contributed by atoms with van der Waals surface area (Å²) < 4.78 is 0. The molecule has 0 saturated carbocycles. The van der Waals surface area contributed by atoms with Crippen molar-refractivity contribution in [1.29, 1.82) is 0 Å². The van der Waals surface area contributed by atoms with Crippen LogP contribution in [0.1, 0.15) is 99.3 Å². The number of H-pyrrole nitrogens is 2. The summed E-state index contributed by atoms with van der Waals surface area (Å²) in [5, 5.41) is 30.0. The fourth-order valence-corrected chi connectivity index (χ4v) is 6.28. The van der Waals surface area contributed by atoms with E-state index in [9.17, 15) is 48.6 Å². The third-order valence-electron chi connectivity index (χ3n) is 10.4. The standard InChI is InChI=1S/2C23H27N7O5/c2*1-23(2,3)16(31)9-8-15(21(34)35)28-19(32)12-4-6-13(7-5-12)25-10-14-11-26-18-17(27-14)20(33)30-22(24)29-18/h2*4-7,11,15,25H,8-10H2,1-3H3,(H,28,32)(H,34,35)(H3,24,26,29,30,33)/t2*15-/m10/s1. The number of rotatable bonds is 18. The molecule has 4 heterocycles. The molecule has 2 amide bonds. The number of benzene rings is 2. The molecule has 0 aliphatic carbocycles. The maximum absolute atomic E-state index is 12.5. The van der Waals surface area contributed by atoms with E-state index in [1.54, 1.807) is 90.1 Å². The number of anilines is 4. The topological polar surface area (TPSA) is 386 Å². The highest BCUT2D eigenvalue weighted by Crippen LogP contribution is 2.20. The fraction of sp³-hybridized carbons (Fsp3) is 0.348. The van der Waals surface area contributed by atoms with Crippen molar-refractivity contribution in [1.82, 2.24) is 50.5 Å². The minimum absolute atomic E-state index is 0.00849. The van der Waals surface area contributed by atoms with Gasteiger partial charge in [0.2, 0.25) is 11.9 Å². The van der Waals surface area contributed by atoms with Gasteiger partial charge < -0.3 is 42.9 Å². The molecule has 0 bridgehead atoms. The lowest BCUT2D eigenvalue weighted by Crippen LogP contribution is -2.41. The SMILES string of the molecule is CC(C)(C)C(=O)CC[C@@H](NC(=O)c1ccc(NCc2cnc3nc(N)[nH]c(=O)c3n2)cc1)C(=O)O.CC(C)(C)C(=O)CC[C@H](NC(=O)c1ccc(NCc2cnc3nc(N)[nH]c(=O)c3n2)cc1)C(=O)O. The van der Waals surface area contributed by atoms with E-state index in [0.717, 1.165) is 0 Å². The average Bonchev–Trinajstić information content (AvgIpc) is 3.29. The number of aromatic nitrogens is 8. The number of hydrogen-bond donors (Lipinski definition) is 10. The van der Waals surface area contributed by atoms with Crippen LogP contribution in [0.4, 0.5) is 23.3 Å². The molecule has 0 aliphatic rings. The Hall–Kier alpha value is -8.70. The van der Waals surface area contributed by atoms with Gasteiger partial charge in [-0.25, -0.2) is 29.5 Å². The number of carboxylic acids is 2. The molecule has 0 radical (unpaired) electrons. The Balaban J connectivity index is 0.000000261. The van der Waals surface area contributed by atoms with Gasteiger partial charge in [0.05, 0.1) is 36.9 Å². The van der Waals surface area contributed by atoms with Gasteiger partial charge in [-0.15, -0.1) is 0 Å². The van der Waals surface area contributed by atoms with Crippen molar-refractivity contribution in [2.24, 2.45) is 10.8 Å². The number of carbonyl (C=O) groups excluding carboxylic acids is 4. The summed E-state index contributed by atoms with van der Waals surface area (Å²) in [6, 6.07) is 10.4. The lowest BCUT2D eigenvalue weighted by molar-refractivity contribution is -0.140. The van der Waals surface area contributed by atoms with E-state index in [-0.39, 0.29) is 95.7 Å². The molecule has 2 atom stereocenters. The van der Waals surface area contributed by atoms with Crippen molar-refractivity contribution in [3.63, 3.8) is 0 Å². The molecular formula is C46H54N14O10. The number of nitrogens with two attached hydrogens (primary N) is 2. The van der Waals surface area contributed by atoms with E-state index >= 15 is 0 Å². The molecule has 0 saturated heterocycles. The number of hydrogen-bond acceptors (Lipinski definition) is 18. The van der Waals surface area contributed by atoms with Gasteiger partial charge >= 0.3 is 11.9 Å². The van der Waals surface area contributed by atoms with Gasteiger partial charge in [0.1, 0.15) is 23.7 Å². The van der Waals surface area contributed by atoms with Crippen LogP contribution in [0.5, 0.6) is 0 Å². The van der Waals surface area contributed by atoms with Crippen LogP contribution < -0.4 is 43.9 Å². The number of ketones is 2. The number of carbonyl (C=O) groups is 6. The molecule has 6 aromatic rings. The van der Waals surface area contributed by atoms with Crippen LogP contribution >= 0.6 is 0 Å². The van der Waals surface area contributed by atoms with Crippen molar-refractivity contribution in [3.05, 3.63) is 104 Å². The second-order valence-electron chi connectivity index (χ2n) is 18.0. The molecule has 6 rings (SSSR count). The molecule has 368 valence electrons. The Morgan fingerprint density at radius 2 is 0.914 bits per heavy atom. The number of aromatic amines is 2. The Kier molecular flexibility index (Phi) is 16.7. The van der Waals surface area contributed by atoms with Gasteiger partial charge in [-0.1, -0.05) is 41.5 Å². The molecule has 2 aromatic carbocycles. The Morgan fingerprint density at radius 1 is 0.571 bits per heavy atom. The van der Waals surface area contributed by atoms with Gasteiger partial charge in [-0.2, -0.15) is 9.97 Å². The van der Waals surface area contributed by atoms with Crippen LogP contribution in [-0.4, -0.2) is 97.5 Å². The highest BCUT2D eigenvalue weighted by atomic mass is 16.4. The third-order valence-corrected chi connectivity index (χ3v) is 10.4. The molecule has 4 aromatic heterocycles. The average molecular weight is 963 g/mol. The second kappa shape index (κ2) is 22.4. The summed E-state index contributed by atoms with van der Waals surface area (Å²) in [7, 11) is 0. The van der Waals surface area contributed by atoms with Crippen LogP contribution in [-0.2, 0) is 32.3 Å². The quantitative estimate of drug-likeness (QED) is 0.0592. The molecule has 70 heavy (non-hydrogen) atoms. The number of aliphatic carboxylic acids is 2. The summed E-state index contributed by atoms with van der Waals surface area (Å²) >= 11 is 0. The lowest BCUT2D eigenvalue weighted by atomic mass is 9.87. The molecule has 0 unspecified atom stereocenters. The highest BCUT2D eigenvalue weighted by molar-refractivity contribution is 5.98. The maximum Gasteiger partial charge on any atom is 0.326 e. The molecule has 0 spiro atoms. The molecule has 12 N–H and O–H groups in total. The number of carboxylic acid groups (broad SMARTS) is 2. The normalized spacial score (nSPS) is 12.2. The summed E-state index contributed by atoms with van der Waals surface area (Å²) in [4.78, 5) is 126. The van der Waals surface area contributed by atoms with Gasteiger partial charge in [0.15, 0.2) is 22.3 Å². The van der Waals surface area contributed by atoms with E-state index in [2.05, 4.69) is 61.1 Å². The third kappa shape index (κ3) is 14.6. The van der Waals surface area contributed by atoms with Gasteiger partial charge in [-0.3, -0.25) is 38.7 Å². The maximum atomic E-state index is 12.5. The number of Topliss-reactive ketones (excluding diaryl/α,β-unsaturated/α-hetero) is 2. The first-order valence-electron chi connectivity index (χ1n) is 21.7. The Morgan fingerprint density at radius 3 is 1.23 bits per heavy atom. The first-order valence-corrected chi connectivity index (χ1v) is 21.7. The van der Waals surface area contributed by atoms with E-state index in [4.69, 9.17) is 11.5 Å². The number of nitrogen functional groups attached to an aromatic ring is 2. The van der Waals surface area contributed by atoms with Crippen molar-refractivity contribution in [3.8, 4) is 0 Å². The Labute approximate surface area is 399 Å². The molecule has 24 nitrogen and oxygen atoms in total. The van der Waals surface area contributed by atoms with Crippen molar-refractivity contribution in [2.45, 2.75) is 92.4 Å². The number of amides is 2. The van der Waals surface area contributed by atoms with E-state index in [1.807, 2.05) is 0 Å². The van der Waals surface area contributed by atoms with Crippen LogP contribution in [0, 0.1) is 10.8 Å². The monoisotopic (exact) mass is 962 g/mol. The van der Waals surface area contributed by atoms with Gasteiger partial charge in [-0.05, 0) is 61.4 Å². The minimum atomic E-state index is -1.20. The number of fused-ring (bicyclic) bond motifs is 2. The van der Waals surface area contributed by atoms with Crippen molar-refractivity contribution < 1.29 is 39.0 Å². The molecular weight excluding hydrogens is 909 g/mol. The first-order chi connectivity index (χ1) is 32.9. The van der Waals surface area contributed by atoms with Crippen LogP contribution in [0.2, 0.25) is 0 Å². The predicted molar refractivity (Wildman–Crippen MR) is 257 cm³/mol. The second-order valence-corrected chi connectivity index (χ2v) is 18.0. The number of nitrogens with zero attached hydrogens (tertiary/aromatic N) is 6. The number of nitrogens with one attached hydrogen (secondary N) is 6. The van der Waals surface area contributed by atoms with Gasteiger partial charge in [0, 0.05) is 46.2 Å². The summed E-state index contributed by atoms with van der Waals surface area (Å²) in [6.07, 6.45) is 3.06. The predicted octanol–water partition coefficient (Wildman–Crippen LogP) is 2.97. The van der Waals surface area contributed by atoms with Crippen LogP contribution in [0.25, 0.3) is 22.3 Å². The zero-order chi connectivity index (χ0) is 51.5. The Bertz CT molecular complexity index is 2830. The molecule has 0 fully saturated rings. The first kappa shape index (κ1) is 52.3. The van der Waals surface area contributed by atoms with E-state index in [1.165, 1.54) is 12.4 Å². The summed E-state index contributed by atoms with van der Waals surface area (Å²) in [6.45, 7) is 11.1. The van der Waals surface area contributed by atoms with Crippen LogP contribution in [0.3, 0.4) is 0 Å². The van der Waals surface area contributed by atoms with Crippen molar-refractivity contribution in [2.75, 3.05) is 22.1 Å². The van der Waals surface area contributed by atoms with Crippen LogP contribution in [0.15, 0.2) is 70.5 Å². The van der Waals surface area contributed by atoms with Gasteiger partial charge in [0.25, 0.3) is 22.9 Å². The van der Waals surface area contributed by atoms with E-state index in [0.29, 0.717) is 22.8 Å². The highest BCUT2D eigenvalue weighted by Gasteiger charge is 2.28. The summed E-state index contributed by atoms with van der Waals surface area (Å²) in [5.74, 6) is -3.75. The largest absolute Gasteiger partial charge is 0.480 e. The van der Waals surface area contributed by atoms with Crippen molar-refractivity contribution >= 4 is 80.9 Å². The van der Waals surface area contributed by atoms with E-state index < -0.39 is 57.8 Å². The minimum Gasteiger partial charge on any atom is -0.480 e. The zero-order valence-electron chi connectivity index (χ0n) is 39.2. The molecule has 0 aliphatic heterocycles. The fourth-order valence-electron chi connectivity index (χ4n) is 6.28. The zero-order valence-corrected chi connectivity index (χ0v) is 39.2.